The molecule has 2 rings (SSSR count). The topological polar surface area (TPSA) is 54.6 Å². The van der Waals surface area contributed by atoms with Crippen LogP contribution in [0.4, 0.5) is 0 Å². The van der Waals surface area contributed by atoms with Gasteiger partial charge in [-0.1, -0.05) is 13.8 Å². The zero-order chi connectivity index (χ0) is 11.7. The van der Waals surface area contributed by atoms with Crippen molar-refractivity contribution < 1.29 is 9.90 Å². The highest BCUT2D eigenvalue weighted by Gasteiger charge is 2.13. The van der Waals surface area contributed by atoms with Crippen LogP contribution in [-0.4, -0.2) is 20.5 Å². The van der Waals surface area contributed by atoms with Crippen LogP contribution < -0.4 is 0 Å². The number of aryl methyl sites for hydroxylation is 1. The van der Waals surface area contributed by atoms with Crippen molar-refractivity contribution in [1.29, 1.82) is 0 Å². The van der Waals surface area contributed by atoms with Gasteiger partial charge in [-0.3, -0.25) is 9.20 Å². The van der Waals surface area contributed by atoms with Gasteiger partial charge in [-0.25, -0.2) is 4.98 Å². The molecule has 2 aromatic heterocycles. The molecule has 0 atom stereocenters. The van der Waals surface area contributed by atoms with E-state index in [1.54, 1.807) is 11.3 Å². The molecule has 0 aliphatic carbocycles. The Hall–Kier alpha value is -1.36. The minimum Gasteiger partial charge on any atom is -0.481 e. The number of hydrogen-bond acceptors (Lipinski definition) is 3. The van der Waals surface area contributed by atoms with E-state index in [1.807, 2.05) is 6.20 Å². The van der Waals surface area contributed by atoms with Gasteiger partial charge in [0.1, 0.15) is 10.7 Å². The Morgan fingerprint density at radius 3 is 3.00 bits per heavy atom. The molecule has 0 radical (unpaired) electrons. The van der Waals surface area contributed by atoms with E-state index in [2.05, 4.69) is 28.6 Å². The van der Waals surface area contributed by atoms with Crippen molar-refractivity contribution in [2.45, 2.75) is 32.6 Å². The molecule has 0 fully saturated rings. The number of aliphatic carboxylic acids is 1. The Bertz CT molecular complexity index is 513. The lowest BCUT2D eigenvalue weighted by molar-refractivity contribution is -0.137. The van der Waals surface area contributed by atoms with E-state index in [1.165, 1.54) is 5.69 Å². The van der Waals surface area contributed by atoms with E-state index >= 15 is 0 Å². The number of nitrogens with zero attached hydrogens (tertiary/aromatic N) is 2. The fourth-order valence-corrected chi connectivity index (χ4v) is 2.74. The molecule has 0 unspecified atom stereocenters. The molecule has 5 heteroatoms. The van der Waals surface area contributed by atoms with Gasteiger partial charge in [-0.05, 0) is 5.92 Å². The van der Waals surface area contributed by atoms with Crippen molar-refractivity contribution in [3.63, 3.8) is 0 Å². The summed E-state index contributed by atoms with van der Waals surface area (Å²) >= 11 is 1.65. The summed E-state index contributed by atoms with van der Waals surface area (Å²) in [5.74, 6) is 0.493. The summed E-state index contributed by atoms with van der Waals surface area (Å²) in [6.07, 6.45) is 2.43. The highest BCUT2D eigenvalue weighted by atomic mass is 32.1. The smallest absolute Gasteiger partial charge is 0.303 e. The van der Waals surface area contributed by atoms with Crippen molar-refractivity contribution in [2.24, 2.45) is 0 Å². The lowest BCUT2D eigenvalue weighted by Gasteiger charge is -2.05. The molecule has 0 amide bonds. The Morgan fingerprint density at radius 1 is 1.62 bits per heavy atom. The summed E-state index contributed by atoms with van der Waals surface area (Å²) in [7, 11) is 0. The summed E-state index contributed by atoms with van der Waals surface area (Å²) in [4.78, 5) is 15.9. The van der Waals surface area contributed by atoms with E-state index in [-0.39, 0.29) is 6.42 Å². The molecule has 0 aliphatic rings. The van der Waals surface area contributed by atoms with E-state index in [4.69, 9.17) is 5.11 Å². The van der Waals surface area contributed by atoms with Crippen LogP contribution in [0.1, 0.15) is 37.7 Å². The Labute approximate surface area is 97.6 Å². The van der Waals surface area contributed by atoms with Gasteiger partial charge < -0.3 is 5.11 Å². The number of fused-ring (bicyclic) bond motifs is 1. The number of rotatable bonds is 4. The number of carboxylic acids is 1. The van der Waals surface area contributed by atoms with Crippen molar-refractivity contribution in [3.8, 4) is 0 Å². The van der Waals surface area contributed by atoms with Crippen molar-refractivity contribution >= 4 is 22.1 Å². The average molecular weight is 238 g/mol. The number of imidazole rings is 1. The SMILES string of the molecule is CC(C)c1csc2cnc(CCC(=O)O)n12. The highest BCUT2D eigenvalue weighted by Crippen LogP contribution is 2.24. The minimum absolute atomic E-state index is 0.131. The number of aromatic nitrogens is 2. The fraction of sp³-hybridized carbons (Fsp3) is 0.455. The quantitative estimate of drug-likeness (QED) is 0.890. The first-order valence-electron chi connectivity index (χ1n) is 5.25. The van der Waals surface area contributed by atoms with Crippen LogP contribution in [0.25, 0.3) is 4.83 Å². The molecule has 0 saturated carbocycles. The normalized spacial score (nSPS) is 11.4. The summed E-state index contributed by atoms with van der Waals surface area (Å²) < 4.78 is 2.08. The zero-order valence-electron chi connectivity index (χ0n) is 9.30. The molecule has 0 aliphatic heterocycles. The Balaban J connectivity index is 2.37. The highest BCUT2D eigenvalue weighted by molar-refractivity contribution is 7.15. The van der Waals surface area contributed by atoms with Gasteiger partial charge in [0, 0.05) is 17.5 Å². The van der Waals surface area contributed by atoms with Gasteiger partial charge in [0.2, 0.25) is 0 Å². The van der Waals surface area contributed by atoms with Gasteiger partial charge in [-0.2, -0.15) is 0 Å². The van der Waals surface area contributed by atoms with Crippen LogP contribution >= 0.6 is 11.3 Å². The molecule has 16 heavy (non-hydrogen) atoms. The van der Waals surface area contributed by atoms with Crippen LogP contribution in [0, 0.1) is 0 Å². The first-order chi connectivity index (χ1) is 7.59. The predicted octanol–water partition coefficient (Wildman–Crippen LogP) is 2.54. The Morgan fingerprint density at radius 2 is 2.38 bits per heavy atom. The first kappa shape index (κ1) is 11.1. The van der Waals surface area contributed by atoms with E-state index < -0.39 is 5.97 Å². The molecular formula is C11H14N2O2S. The molecule has 86 valence electrons. The van der Waals surface area contributed by atoms with Crippen molar-refractivity contribution in [3.05, 3.63) is 23.1 Å². The first-order valence-corrected chi connectivity index (χ1v) is 6.13. The van der Waals surface area contributed by atoms with Gasteiger partial charge in [0.05, 0.1) is 12.6 Å². The van der Waals surface area contributed by atoms with Crippen LogP contribution in [-0.2, 0) is 11.2 Å². The van der Waals surface area contributed by atoms with Gasteiger partial charge >= 0.3 is 5.97 Å². The lowest BCUT2D eigenvalue weighted by Crippen LogP contribution is -2.03. The predicted molar refractivity (Wildman–Crippen MR) is 63.1 cm³/mol. The molecule has 0 spiro atoms. The van der Waals surface area contributed by atoms with Crippen molar-refractivity contribution in [1.82, 2.24) is 9.38 Å². The molecule has 1 N–H and O–H groups in total. The van der Waals surface area contributed by atoms with Gasteiger partial charge in [0.15, 0.2) is 0 Å². The van der Waals surface area contributed by atoms with E-state index in [0.29, 0.717) is 12.3 Å². The van der Waals surface area contributed by atoms with E-state index in [9.17, 15) is 4.79 Å². The molecule has 2 heterocycles. The molecule has 0 aromatic carbocycles. The zero-order valence-corrected chi connectivity index (χ0v) is 10.1. The maximum atomic E-state index is 10.6. The number of hydrogen-bond donors (Lipinski definition) is 1. The summed E-state index contributed by atoms with van der Waals surface area (Å²) in [6.45, 7) is 4.25. The third-order valence-corrected chi connectivity index (χ3v) is 3.40. The fourth-order valence-electron chi connectivity index (χ4n) is 1.69. The second-order valence-electron chi connectivity index (χ2n) is 4.06. The largest absolute Gasteiger partial charge is 0.481 e. The molecular weight excluding hydrogens is 224 g/mol. The molecule has 4 nitrogen and oxygen atoms in total. The number of carbonyl (C=O) groups is 1. The third kappa shape index (κ3) is 1.95. The van der Waals surface area contributed by atoms with Gasteiger partial charge in [-0.15, -0.1) is 11.3 Å². The summed E-state index contributed by atoms with van der Waals surface area (Å²) in [6, 6.07) is 0. The van der Waals surface area contributed by atoms with Crippen LogP contribution in [0.5, 0.6) is 0 Å². The second-order valence-corrected chi connectivity index (χ2v) is 4.95. The van der Waals surface area contributed by atoms with Crippen LogP contribution in [0.3, 0.4) is 0 Å². The van der Waals surface area contributed by atoms with Crippen LogP contribution in [0.15, 0.2) is 11.6 Å². The Kier molecular flexibility index (Phi) is 2.96. The van der Waals surface area contributed by atoms with Gasteiger partial charge in [0.25, 0.3) is 0 Å². The standard InChI is InChI=1S/C11H14N2O2S/c1-7(2)8-6-16-10-5-12-9(13(8)10)3-4-11(14)15/h5-7H,3-4H2,1-2H3,(H,14,15). The maximum absolute atomic E-state index is 10.6. The maximum Gasteiger partial charge on any atom is 0.303 e. The monoisotopic (exact) mass is 238 g/mol. The molecule has 2 aromatic rings. The molecule has 0 saturated heterocycles. The average Bonchev–Trinajstić information content (AvgIpc) is 2.74. The second kappa shape index (κ2) is 4.25. The lowest BCUT2D eigenvalue weighted by atomic mass is 10.1. The van der Waals surface area contributed by atoms with E-state index in [0.717, 1.165) is 10.7 Å². The summed E-state index contributed by atoms with van der Waals surface area (Å²) in [5, 5.41) is 10.8. The number of carboxylic acid groups (broad SMARTS) is 1. The van der Waals surface area contributed by atoms with Crippen LogP contribution in [0.2, 0.25) is 0 Å². The summed E-state index contributed by atoms with van der Waals surface area (Å²) in [5.41, 5.74) is 1.21. The number of thiazole rings is 1. The molecule has 0 bridgehead atoms. The third-order valence-electron chi connectivity index (χ3n) is 2.52. The van der Waals surface area contributed by atoms with Crippen molar-refractivity contribution in [2.75, 3.05) is 0 Å². The minimum atomic E-state index is -0.780.